The van der Waals surface area contributed by atoms with Crippen molar-refractivity contribution in [3.05, 3.63) is 125 Å². The average molecular weight is 600 g/mol. The summed E-state index contributed by atoms with van der Waals surface area (Å²) in [5.74, 6) is -0.281. The topological polar surface area (TPSA) is 96.5 Å². The van der Waals surface area contributed by atoms with Gasteiger partial charge in [0.15, 0.2) is 0 Å². The Morgan fingerprint density at radius 3 is 2.10 bits per heavy atom. The summed E-state index contributed by atoms with van der Waals surface area (Å²) in [4.78, 5) is 39.6. The molecule has 214 valence electrons. The van der Waals surface area contributed by atoms with Crippen LogP contribution >= 0.6 is 23.4 Å². The largest absolute Gasteiger partial charge is 0.494 e. The van der Waals surface area contributed by atoms with Gasteiger partial charge in [0.05, 0.1) is 11.9 Å². The number of benzene rings is 4. The first-order chi connectivity index (χ1) is 20.3. The van der Waals surface area contributed by atoms with Gasteiger partial charge in [0.2, 0.25) is 5.91 Å². The summed E-state index contributed by atoms with van der Waals surface area (Å²) >= 11 is 7.39. The molecule has 4 rings (SSSR count). The summed E-state index contributed by atoms with van der Waals surface area (Å²) < 4.78 is 5.44. The molecule has 0 aliphatic carbocycles. The van der Waals surface area contributed by atoms with Crippen LogP contribution < -0.4 is 20.7 Å². The first kappa shape index (κ1) is 30.4. The van der Waals surface area contributed by atoms with Gasteiger partial charge in [-0.1, -0.05) is 41.9 Å². The number of halogens is 1. The minimum Gasteiger partial charge on any atom is -0.494 e. The van der Waals surface area contributed by atoms with Gasteiger partial charge < -0.3 is 20.7 Å². The van der Waals surface area contributed by atoms with E-state index >= 15 is 0 Å². The lowest BCUT2D eigenvalue weighted by Crippen LogP contribution is -2.30. The highest BCUT2D eigenvalue weighted by Crippen LogP contribution is 2.26. The zero-order valence-electron chi connectivity index (χ0n) is 23.1. The molecule has 0 bridgehead atoms. The van der Waals surface area contributed by atoms with Crippen molar-refractivity contribution in [2.45, 2.75) is 24.0 Å². The molecule has 0 fully saturated rings. The third kappa shape index (κ3) is 8.99. The molecule has 1 atom stereocenters. The number of ether oxygens (including phenoxy) is 1. The number of thioether (sulfide) groups is 1. The maximum Gasteiger partial charge on any atom is 0.272 e. The maximum absolute atomic E-state index is 13.2. The number of hydrogen-bond donors (Lipinski definition) is 3. The van der Waals surface area contributed by atoms with E-state index in [9.17, 15) is 14.4 Å². The number of hydrogen-bond acceptors (Lipinski definition) is 5. The van der Waals surface area contributed by atoms with Gasteiger partial charge in [-0.2, -0.15) is 0 Å². The molecule has 0 saturated heterocycles. The molecule has 0 aliphatic heterocycles. The molecule has 0 heterocycles. The van der Waals surface area contributed by atoms with Crippen molar-refractivity contribution < 1.29 is 19.1 Å². The lowest BCUT2D eigenvalue weighted by molar-refractivity contribution is -0.115. The molecule has 3 amide bonds. The molecule has 9 heteroatoms. The second-order valence-electron chi connectivity index (χ2n) is 9.11. The van der Waals surface area contributed by atoms with Crippen molar-refractivity contribution in [1.29, 1.82) is 0 Å². The summed E-state index contributed by atoms with van der Waals surface area (Å²) in [5.41, 5.74) is 2.42. The van der Waals surface area contributed by atoms with Crippen LogP contribution in [0.15, 0.2) is 114 Å². The van der Waals surface area contributed by atoms with Gasteiger partial charge in [-0.15, -0.1) is 11.8 Å². The fourth-order valence-corrected chi connectivity index (χ4v) is 4.78. The third-order valence-corrected chi connectivity index (χ3v) is 7.30. The number of carbonyl (C=O) groups excluding carboxylic acids is 3. The maximum atomic E-state index is 13.2. The van der Waals surface area contributed by atoms with E-state index in [-0.39, 0.29) is 16.9 Å². The van der Waals surface area contributed by atoms with E-state index in [4.69, 9.17) is 16.3 Å². The Hall–Kier alpha value is -4.53. The number of amides is 3. The van der Waals surface area contributed by atoms with E-state index in [1.807, 2.05) is 44.2 Å². The fourth-order valence-electron chi connectivity index (χ4n) is 3.79. The van der Waals surface area contributed by atoms with Crippen LogP contribution in [0, 0.1) is 0 Å². The Morgan fingerprint density at radius 2 is 1.45 bits per heavy atom. The molecule has 42 heavy (non-hydrogen) atoms. The summed E-state index contributed by atoms with van der Waals surface area (Å²) in [6, 6.07) is 29.9. The smallest absolute Gasteiger partial charge is 0.272 e. The van der Waals surface area contributed by atoms with Crippen LogP contribution in [0.2, 0.25) is 5.02 Å². The molecule has 0 aromatic heterocycles. The Balaban J connectivity index is 1.39. The van der Waals surface area contributed by atoms with Gasteiger partial charge in [-0.25, -0.2) is 0 Å². The van der Waals surface area contributed by atoms with Crippen LogP contribution in [0.25, 0.3) is 6.08 Å². The third-order valence-electron chi connectivity index (χ3n) is 5.94. The molecular weight excluding hydrogens is 570 g/mol. The van der Waals surface area contributed by atoms with Crippen LogP contribution in [-0.2, 0) is 9.59 Å². The highest BCUT2D eigenvalue weighted by Gasteiger charge is 2.17. The molecule has 4 aromatic rings. The summed E-state index contributed by atoms with van der Waals surface area (Å²) in [6.45, 7) is 4.32. The number of anilines is 2. The Morgan fingerprint density at radius 1 is 0.833 bits per heavy atom. The first-order valence-corrected chi connectivity index (χ1v) is 14.5. The highest BCUT2D eigenvalue weighted by atomic mass is 35.5. The minimum absolute atomic E-state index is 0.0733. The first-order valence-electron chi connectivity index (χ1n) is 13.3. The van der Waals surface area contributed by atoms with Gasteiger partial charge in [-0.05, 0) is 98.3 Å². The Kier molecular flexibility index (Phi) is 10.8. The standard InChI is InChI=1S/C33H30ClN3O4S/c1-3-41-28-17-13-26(14-18-28)35-31(38)22(2)42-29-19-15-27(16-20-29)36-33(40)30(21-23-9-11-25(34)12-10-23)37-32(39)24-7-5-4-6-8-24/h4-22H,3H2,1-2H3,(H,35,38)(H,36,40)(H,37,39)/b30-21-. The number of rotatable bonds is 11. The normalized spacial score (nSPS) is 11.7. The summed E-state index contributed by atoms with van der Waals surface area (Å²) in [7, 11) is 0. The van der Waals surface area contributed by atoms with Gasteiger partial charge in [0, 0.05) is 26.9 Å². The zero-order chi connectivity index (χ0) is 29.9. The van der Waals surface area contributed by atoms with Gasteiger partial charge in [0.1, 0.15) is 11.4 Å². The van der Waals surface area contributed by atoms with E-state index in [0.717, 1.165) is 10.6 Å². The zero-order valence-corrected chi connectivity index (χ0v) is 24.7. The second kappa shape index (κ2) is 14.9. The van der Waals surface area contributed by atoms with E-state index in [1.165, 1.54) is 11.8 Å². The lowest BCUT2D eigenvalue weighted by atomic mass is 10.1. The molecule has 0 aliphatic rings. The van der Waals surface area contributed by atoms with Crippen molar-refractivity contribution in [2.75, 3.05) is 17.2 Å². The molecule has 1 unspecified atom stereocenters. The van der Waals surface area contributed by atoms with E-state index in [0.29, 0.717) is 34.1 Å². The molecule has 0 spiro atoms. The predicted octanol–water partition coefficient (Wildman–Crippen LogP) is 7.27. The van der Waals surface area contributed by atoms with E-state index in [1.54, 1.807) is 78.9 Å². The van der Waals surface area contributed by atoms with Crippen molar-refractivity contribution in [1.82, 2.24) is 5.32 Å². The predicted molar refractivity (Wildman–Crippen MR) is 170 cm³/mol. The van der Waals surface area contributed by atoms with Crippen molar-refractivity contribution in [3.63, 3.8) is 0 Å². The van der Waals surface area contributed by atoms with Gasteiger partial charge in [-0.3, -0.25) is 14.4 Å². The number of carbonyl (C=O) groups is 3. The molecule has 4 aromatic carbocycles. The molecule has 3 N–H and O–H groups in total. The van der Waals surface area contributed by atoms with Crippen LogP contribution in [0.4, 0.5) is 11.4 Å². The number of nitrogens with one attached hydrogen (secondary N) is 3. The van der Waals surface area contributed by atoms with Crippen molar-refractivity contribution >= 4 is 58.5 Å². The summed E-state index contributed by atoms with van der Waals surface area (Å²) in [5, 5.41) is 8.66. The monoisotopic (exact) mass is 599 g/mol. The SMILES string of the molecule is CCOc1ccc(NC(=O)C(C)Sc2ccc(NC(=O)/C(=C/c3ccc(Cl)cc3)NC(=O)c3ccccc3)cc2)cc1. The van der Waals surface area contributed by atoms with Crippen LogP contribution in [-0.4, -0.2) is 29.6 Å². The Bertz CT molecular complexity index is 1540. The van der Waals surface area contributed by atoms with E-state index in [2.05, 4.69) is 16.0 Å². The molecule has 0 radical (unpaired) electrons. The quantitative estimate of drug-likeness (QED) is 0.124. The summed E-state index contributed by atoms with van der Waals surface area (Å²) in [6.07, 6.45) is 1.58. The minimum atomic E-state index is -0.488. The molecule has 0 saturated carbocycles. The average Bonchev–Trinajstić information content (AvgIpc) is 3.00. The van der Waals surface area contributed by atoms with Crippen LogP contribution in [0.1, 0.15) is 29.8 Å². The van der Waals surface area contributed by atoms with Gasteiger partial charge >= 0.3 is 0 Å². The fraction of sp³-hybridized carbons (Fsp3) is 0.121. The molecular formula is C33H30ClN3O4S. The highest BCUT2D eigenvalue weighted by molar-refractivity contribution is 8.00. The van der Waals surface area contributed by atoms with Crippen molar-refractivity contribution in [2.24, 2.45) is 0 Å². The lowest BCUT2D eigenvalue weighted by Gasteiger charge is -2.14. The van der Waals surface area contributed by atoms with Gasteiger partial charge in [0.25, 0.3) is 11.8 Å². The Labute approximate surface area is 254 Å². The van der Waals surface area contributed by atoms with Crippen molar-refractivity contribution in [3.8, 4) is 5.75 Å². The second-order valence-corrected chi connectivity index (χ2v) is 11.0. The van der Waals surface area contributed by atoms with E-state index < -0.39 is 11.8 Å². The molecule has 7 nitrogen and oxygen atoms in total. The van der Waals surface area contributed by atoms with Crippen LogP contribution in [0.5, 0.6) is 5.75 Å². The van der Waals surface area contributed by atoms with Crippen LogP contribution in [0.3, 0.4) is 0 Å².